The van der Waals surface area contributed by atoms with Gasteiger partial charge in [-0.1, -0.05) is 64.0 Å². The highest BCUT2D eigenvalue weighted by atomic mass is 79.9. The standard InChI is InChI=1S/C18H20BrN/c1-14-7-8-18(17(11-14)12-19)20-10-9-16(13-20)15-5-3-2-4-6-15/h2-8,11,16H,9-10,12-13H2,1H3. The highest BCUT2D eigenvalue weighted by Crippen LogP contribution is 2.33. The molecule has 0 radical (unpaired) electrons. The molecule has 2 heteroatoms. The Balaban J connectivity index is 1.81. The summed E-state index contributed by atoms with van der Waals surface area (Å²) in [6.45, 7) is 4.45. The van der Waals surface area contributed by atoms with Crippen LogP contribution >= 0.6 is 15.9 Å². The Hall–Kier alpha value is -1.28. The van der Waals surface area contributed by atoms with E-state index < -0.39 is 0 Å². The van der Waals surface area contributed by atoms with E-state index in [1.807, 2.05) is 0 Å². The molecule has 2 aromatic rings. The van der Waals surface area contributed by atoms with Crippen LogP contribution in [0, 0.1) is 6.92 Å². The Morgan fingerprint density at radius 2 is 1.95 bits per heavy atom. The molecule has 2 aromatic carbocycles. The van der Waals surface area contributed by atoms with Crippen LogP contribution in [0.4, 0.5) is 5.69 Å². The van der Waals surface area contributed by atoms with Gasteiger partial charge >= 0.3 is 0 Å². The molecule has 1 fully saturated rings. The molecule has 1 saturated heterocycles. The molecule has 0 N–H and O–H groups in total. The van der Waals surface area contributed by atoms with Crippen LogP contribution in [0.5, 0.6) is 0 Å². The molecule has 104 valence electrons. The zero-order valence-electron chi connectivity index (χ0n) is 11.8. The van der Waals surface area contributed by atoms with E-state index in [0.717, 1.165) is 18.4 Å². The molecule has 3 rings (SSSR count). The minimum atomic E-state index is 0.667. The van der Waals surface area contributed by atoms with Crippen molar-refractivity contribution in [3.05, 3.63) is 65.2 Å². The summed E-state index contributed by atoms with van der Waals surface area (Å²) in [4.78, 5) is 2.54. The summed E-state index contributed by atoms with van der Waals surface area (Å²) in [5.74, 6) is 0.667. The molecular weight excluding hydrogens is 310 g/mol. The van der Waals surface area contributed by atoms with E-state index in [-0.39, 0.29) is 0 Å². The molecule has 1 aliphatic rings. The second kappa shape index (κ2) is 6.01. The molecule has 0 saturated carbocycles. The molecule has 1 atom stereocenters. The Morgan fingerprint density at radius 3 is 2.70 bits per heavy atom. The van der Waals surface area contributed by atoms with Crippen LogP contribution in [-0.2, 0) is 5.33 Å². The number of nitrogens with zero attached hydrogens (tertiary/aromatic N) is 1. The summed E-state index contributed by atoms with van der Waals surface area (Å²) in [5, 5.41) is 0.927. The summed E-state index contributed by atoms with van der Waals surface area (Å²) in [6, 6.07) is 17.7. The zero-order valence-corrected chi connectivity index (χ0v) is 13.4. The maximum atomic E-state index is 3.62. The molecule has 1 unspecified atom stereocenters. The number of hydrogen-bond acceptors (Lipinski definition) is 1. The lowest BCUT2D eigenvalue weighted by molar-refractivity contribution is 0.775. The van der Waals surface area contributed by atoms with Gasteiger partial charge in [-0.15, -0.1) is 0 Å². The molecule has 20 heavy (non-hydrogen) atoms. The normalized spacial score (nSPS) is 18.5. The minimum Gasteiger partial charge on any atom is -0.371 e. The lowest BCUT2D eigenvalue weighted by Crippen LogP contribution is -2.20. The van der Waals surface area contributed by atoms with Crippen LogP contribution in [0.2, 0.25) is 0 Å². The van der Waals surface area contributed by atoms with Crippen molar-refractivity contribution >= 4 is 21.6 Å². The van der Waals surface area contributed by atoms with Crippen LogP contribution in [-0.4, -0.2) is 13.1 Å². The zero-order chi connectivity index (χ0) is 13.9. The highest BCUT2D eigenvalue weighted by molar-refractivity contribution is 9.08. The summed E-state index contributed by atoms with van der Waals surface area (Å²) >= 11 is 3.62. The predicted molar refractivity (Wildman–Crippen MR) is 89.8 cm³/mol. The van der Waals surface area contributed by atoms with E-state index in [2.05, 4.69) is 76.3 Å². The number of anilines is 1. The van der Waals surface area contributed by atoms with Crippen molar-refractivity contribution in [1.82, 2.24) is 0 Å². The molecule has 0 spiro atoms. The fourth-order valence-corrected chi connectivity index (χ4v) is 3.56. The second-order valence-electron chi connectivity index (χ2n) is 5.61. The van der Waals surface area contributed by atoms with E-state index in [4.69, 9.17) is 0 Å². The molecule has 1 aliphatic heterocycles. The summed E-state index contributed by atoms with van der Waals surface area (Å²) in [6.07, 6.45) is 1.25. The van der Waals surface area contributed by atoms with Crippen molar-refractivity contribution in [2.24, 2.45) is 0 Å². The Labute approximate surface area is 129 Å². The first kappa shape index (κ1) is 13.7. The number of alkyl halides is 1. The Bertz CT molecular complexity index is 579. The van der Waals surface area contributed by atoms with Gasteiger partial charge in [-0.3, -0.25) is 0 Å². The summed E-state index contributed by atoms with van der Waals surface area (Å²) in [7, 11) is 0. The van der Waals surface area contributed by atoms with Gasteiger partial charge in [0.15, 0.2) is 0 Å². The first-order valence-electron chi connectivity index (χ1n) is 7.23. The molecule has 1 heterocycles. The van der Waals surface area contributed by atoms with Crippen LogP contribution in [0.1, 0.15) is 29.0 Å². The van der Waals surface area contributed by atoms with Gasteiger partial charge in [0.2, 0.25) is 0 Å². The number of aryl methyl sites for hydroxylation is 1. The van der Waals surface area contributed by atoms with Gasteiger partial charge in [0.1, 0.15) is 0 Å². The topological polar surface area (TPSA) is 3.24 Å². The molecule has 0 aliphatic carbocycles. The lowest BCUT2D eigenvalue weighted by atomic mass is 9.99. The van der Waals surface area contributed by atoms with Crippen LogP contribution in [0.3, 0.4) is 0 Å². The largest absolute Gasteiger partial charge is 0.371 e. The molecule has 0 bridgehead atoms. The van der Waals surface area contributed by atoms with Crippen molar-refractivity contribution in [3.63, 3.8) is 0 Å². The van der Waals surface area contributed by atoms with Gasteiger partial charge in [-0.05, 0) is 30.5 Å². The van der Waals surface area contributed by atoms with E-state index in [9.17, 15) is 0 Å². The van der Waals surface area contributed by atoms with Crippen molar-refractivity contribution in [1.29, 1.82) is 0 Å². The SMILES string of the molecule is Cc1ccc(N2CCC(c3ccccc3)C2)c(CBr)c1. The smallest absolute Gasteiger partial charge is 0.0407 e. The van der Waals surface area contributed by atoms with Crippen LogP contribution in [0.25, 0.3) is 0 Å². The average molecular weight is 330 g/mol. The van der Waals surface area contributed by atoms with Gasteiger partial charge in [-0.2, -0.15) is 0 Å². The molecular formula is C18H20BrN. The first-order valence-corrected chi connectivity index (χ1v) is 8.35. The predicted octanol–water partition coefficient (Wildman–Crippen LogP) is 4.88. The highest BCUT2D eigenvalue weighted by Gasteiger charge is 2.25. The van der Waals surface area contributed by atoms with Crippen molar-refractivity contribution in [2.45, 2.75) is 24.6 Å². The van der Waals surface area contributed by atoms with Crippen LogP contribution < -0.4 is 4.90 Å². The average Bonchev–Trinajstić information content (AvgIpc) is 2.97. The third-order valence-corrected chi connectivity index (χ3v) is 4.78. The monoisotopic (exact) mass is 329 g/mol. The van der Waals surface area contributed by atoms with Gasteiger partial charge in [0.05, 0.1) is 0 Å². The van der Waals surface area contributed by atoms with Gasteiger partial charge in [0.25, 0.3) is 0 Å². The van der Waals surface area contributed by atoms with E-state index >= 15 is 0 Å². The fourth-order valence-electron chi connectivity index (χ4n) is 3.11. The molecule has 0 amide bonds. The van der Waals surface area contributed by atoms with Gasteiger partial charge in [-0.25, -0.2) is 0 Å². The van der Waals surface area contributed by atoms with Crippen molar-refractivity contribution in [3.8, 4) is 0 Å². The quantitative estimate of drug-likeness (QED) is 0.725. The van der Waals surface area contributed by atoms with E-state index in [1.54, 1.807) is 0 Å². The fraction of sp³-hybridized carbons (Fsp3) is 0.333. The number of benzene rings is 2. The molecule has 1 nitrogen and oxygen atoms in total. The summed E-state index contributed by atoms with van der Waals surface area (Å²) in [5.41, 5.74) is 5.61. The van der Waals surface area contributed by atoms with Gasteiger partial charge in [0, 0.05) is 30.0 Å². The third-order valence-electron chi connectivity index (χ3n) is 4.18. The van der Waals surface area contributed by atoms with Gasteiger partial charge < -0.3 is 4.90 Å². The Morgan fingerprint density at radius 1 is 1.15 bits per heavy atom. The number of rotatable bonds is 3. The molecule has 0 aromatic heterocycles. The first-order chi connectivity index (χ1) is 9.78. The number of hydrogen-bond donors (Lipinski definition) is 0. The van der Waals surface area contributed by atoms with Crippen LogP contribution in [0.15, 0.2) is 48.5 Å². The minimum absolute atomic E-state index is 0.667. The lowest BCUT2D eigenvalue weighted by Gasteiger charge is -2.22. The third kappa shape index (κ3) is 2.76. The second-order valence-corrected chi connectivity index (χ2v) is 6.17. The summed E-state index contributed by atoms with van der Waals surface area (Å²) < 4.78 is 0. The number of halogens is 1. The maximum Gasteiger partial charge on any atom is 0.0407 e. The van der Waals surface area contributed by atoms with E-state index in [0.29, 0.717) is 5.92 Å². The van der Waals surface area contributed by atoms with E-state index in [1.165, 1.54) is 28.8 Å². The van der Waals surface area contributed by atoms with Crippen molar-refractivity contribution < 1.29 is 0 Å². The van der Waals surface area contributed by atoms with Crippen molar-refractivity contribution in [2.75, 3.05) is 18.0 Å². The Kier molecular flexibility index (Phi) is 4.11. The maximum absolute atomic E-state index is 3.62.